The molecule has 3 aromatic rings. The molecule has 0 fully saturated rings. The highest BCUT2D eigenvalue weighted by atomic mass is 16.5. The molecule has 5 heteroatoms. The summed E-state index contributed by atoms with van der Waals surface area (Å²) in [5.41, 5.74) is 3.85. The maximum atomic E-state index is 13.3. The standard InChI is InChI=1S/C26H33N3O2/c1-8-17-31-24-27-22(18-9-13-20(14-10-18)25(2,3)4)29(28-24)23(30)19-11-15-21(16-12-19)26(5,6)7/h9-16H,8,17H2,1-7H3. The van der Waals surface area contributed by atoms with Crippen LogP contribution in [0.5, 0.6) is 6.01 Å². The molecule has 1 aromatic heterocycles. The van der Waals surface area contributed by atoms with Crippen LogP contribution in [0.4, 0.5) is 0 Å². The van der Waals surface area contributed by atoms with Gasteiger partial charge in [0.2, 0.25) is 0 Å². The molecule has 31 heavy (non-hydrogen) atoms. The molecule has 0 amide bonds. The lowest BCUT2D eigenvalue weighted by molar-refractivity contribution is 0.0944. The monoisotopic (exact) mass is 419 g/mol. The lowest BCUT2D eigenvalue weighted by Crippen LogP contribution is -2.17. The Morgan fingerprint density at radius 1 is 0.871 bits per heavy atom. The molecule has 0 spiro atoms. The summed E-state index contributed by atoms with van der Waals surface area (Å²) in [6.07, 6.45) is 0.840. The Morgan fingerprint density at radius 3 is 1.87 bits per heavy atom. The van der Waals surface area contributed by atoms with E-state index in [4.69, 9.17) is 4.74 Å². The quantitative estimate of drug-likeness (QED) is 0.507. The number of aromatic nitrogens is 3. The van der Waals surface area contributed by atoms with Crippen molar-refractivity contribution >= 4 is 5.91 Å². The van der Waals surface area contributed by atoms with Gasteiger partial charge in [-0.25, -0.2) is 0 Å². The van der Waals surface area contributed by atoms with E-state index in [0.29, 0.717) is 18.0 Å². The molecular weight excluding hydrogens is 386 g/mol. The minimum Gasteiger partial charge on any atom is -0.462 e. The summed E-state index contributed by atoms with van der Waals surface area (Å²) in [6, 6.07) is 16.0. The first-order chi connectivity index (χ1) is 14.5. The van der Waals surface area contributed by atoms with E-state index >= 15 is 0 Å². The van der Waals surface area contributed by atoms with E-state index in [0.717, 1.165) is 12.0 Å². The summed E-state index contributed by atoms with van der Waals surface area (Å²) >= 11 is 0. The van der Waals surface area contributed by atoms with Gasteiger partial charge in [0.05, 0.1) is 6.61 Å². The Balaban J connectivity index is 2.00. The van der Waals surface area contributed by atoms with Crippen molar-refractivity contribution in [3.63, 3.8) is 0 Å². The van der Waals surface area contributed by atoms with Crippen LogP contribution in [0.2, 0.25) is 0 Å². The Kier molecular flexibility index (Phi) is 6.35. The van der Waals surface area contributed by atoms with Crippen LogP contribution in [-0.2, 0) is 10.8 Å². The molecule has 3 rings (SSSR count). The largest absolute Gasteiger partial charge is 0.462 e. The first kappa shape index (κ1) is 22.7. The van der Waals surface area contributed by atoms with Crippen molar-refractivity contribution < 1.29 is 9.53 Å². The van der Waals surface area contributed by atoms with E-state index in [-0.39, 0.29) is 22.7 Å². The van der Waals surface area contributed by atoms with Crippen LogP contribution >= 0.6 is 0 Å². The van der Waals surface area contributed by atoms with Gasteiger partial charge in [-0.1, -0.05) is 84.9 Å². The molecule has 0 bridgehead atoms. The second-order valence-corrected chi connectivity index (χ2v) is 9.94. The molecule has 1 heterocycles. The van der Waals surface area contributed by atoms with Crippen LogP contribution in [0.15, 0.2) is 48.5 Å². The summed E-state index contributed by atoms with van der Waals surface area (Å²) < 4.78 is 6.98. The second kappa shape index (κ2) is 8.66. The molecule has 5 nitrogen and oxygen atoms in total. The topological polar surface area (TPSA) is 57.0 Å². The molecule has 0 radical (unpaired) electrons. The van der Waals surface area contributed by atoms with Crippen LogP contribution in [0.25, 0.3) is 11.4 Å². The number of nitrogens with zero attached hydrogens (tertiary/aromatic N) is 3. The Bertz CT molecular complexity index is 1030. The molecule has 0 saturated carbocycles. The van der Waals surface area contributed by atoms with Crippen LogP contribution < -0.4 is 4.74 Å². The predicted octanol–water partition coefficient (Wildman–Crippen LogP) is 6.02. The molecular formula is C26H33N3O2. The predicted molar refractivity (Wildman–Crippen MR) is 125 cm³/mol. The van der Waals surface area contributed by atoms with E-state index < -0.39 is 0 Å². The SMILES string of the molecule is CCCOc1nc(-c2ccc(C(C)(C)C)cc2)n(C(=O)c2ccc(C(C)(C)C)cc2)n1. The van der Waals surface area contributed by atoms with Crippen molar-refractivity contribution in [2.75, 3.05) is 6.61 Å². The number of benzene rings is 2. The smallest absolute Gasteiger partial charge is 0.336 e. The zero-order valence-corrected chi connectivity index (χ0v) is 19.7. The van der Waals surface area contributed by atoms with Gasteiger partial charge in [-0.2, -0.15) is 9.67 Å². The minimum absolute atomic E-state index is 0.0238. The molecule has 0 unspecified atom stereocenters. The summed E-state index contributed by atoms with van der Waals surface area (Å²) in [5, 5.41) is 4.38. The Morgan fingerprint density at radius 2 is 1.39 bits per heavy atom. The van der Waals surface area contributed by atoms with Crippen molar-refractivity contribution in [3.05, 3.63) is 65.2 Å². The van der Waals surface area contributed by atoms with E-state index in [1.165, 1.54) is 15.8 Å². The first-order valence-electron chi connectivity index (χ1n) is 10.9. The number of carbonyl (C=O) groups excluding carboxylic acids is 1. The summed E-state index contributed by atoms with van der Waals surface area (Å²) in [6.45, 7) is 15.5. The Hall–Kier alpha value is -2.95. The van der Waals surface area contributed by atoms with Crippen molar-refractivity contribution in [1.82, 2.24) is 14.8 Å². The highest BCUT2D eigenvalue weighted by Gasteiger charge is 2.22. The summed E-state index contributed by atoms with van der Waals surface area (Å²) in [4.78, 5) is 17.8. The summed E-state index contributed by atoms with van der Waals surface area (Å²) in [7, 11) is 0. The Labute approximate surface area is 185 Å². The van der Waals surface area contributed by atoms with E-state index in [9.17, 15) is 4.79 Å². The van der Waals surface area contributed by atoms with Gasteiger partial charge >= 0.3 is 6.01 Å². The van der Waals surface area contributed by atoms with E-state index in [2.05, 4.69) is 63.8 Å². The minimum atomic E-state index is -0.228. The fraction of sp³-hybridized carbons (Fsp3) is 0.423. The molecule has 0 saturated heterocycles. The summed E-state index contributed by atoms with van der Waals surface area (Å²) in [5.74, 6) is 0.255. The van der Waals surface area contributed by atoms with Crippen molar-refractivity contribution in [3.8, 4) is 17.4 Å². The van der Waals surface area contributed by atoms with Crippen molar-refractivity contribution in [1.29, 1.82) is 0 Å². The lowest BCUT2D eigenvalue weighted by Gasteiger charge is -2.19. The van der Waals surface area contributed by atoms with Crippen LogP contribution in [-0.4, -0.2) is 27.3 Å². The maximum Gasteiger partial charge on any atom is 0.336 e. The fourth-order valence-electron chi connectivity index (χ4n) is 3.23. The van der Waals surface area contributed by atoms with Gasteiger partial charge in [0.1, 0.15) is 0 Å². The second-order valence-electron chi connectivity index (χ2n) is 9.94. The van der Waals surface area contributed by atoms with Crippen LogP contribution in [0, 0.1) is 0 Å². The average molecular weight is 420 g/mol. The van der Waals surface area contributed by atoms with Gasteiger partial charge in [0.15, 0.2) is 5.82 Å². The molecule has 0 N–H and O–H groups in total. The number of rotatable bonds is 5. The van der Waals surface area contributed by atoms with Gasteiger partial charge in [-0.3, -0.25) is 4.79 Å². The van der Waals surface area contributed by atoms with Gasteiger partial charge in [0, 0.05) is 11.1 Å². The van der Waals surface area contributed by atoms with Crippen LogP contribution in [0.3, 0.4) is 0 Å². The molecule has 164 valence electrons. The van der Waals surface area contributed by atoms with Gasteiger partial charge < -0.3 is 4.74 Å². The highest BCUT2D eigenvalue weighted by molar-refractivity contribution is 5.97. The fourth-order valence-corrected chi connectivity index (χ4v) is 3.23. The number of ether oxygens (including phenoxy) is 1. The average Bonchev–Trinajstić information content (AvgIpc) is 3.15. The molecule has 0 aliphatic heterocycles. The zero-order valence-electron chi connectivity index (χ0n) is 19.7. The molecule has 2 aromatic carbocycles. The van der Waals surface area contributed by atoms with Crippen LogP contribution in [0.1, 0.15) is 76.4 Å². The third-order valence-corrected chi connectivity index (χ3v) is 5.22. The molecule has 0 aliphatic carbocycles. The first-order valence-corrected chi connectivity index (χ1v) is 10.9. The van der Waals surface area contributed by atoms with E-state index in [1.807, 2.05) is 43.3 Å². The van der Waals surface area contributed by atoms with Gasteiger partial charge in [0.25, 0.3) is 5.91 Å². The highest BCUT2D eigenvalue weighted by Crippen LogP contribution is 2.27. The zero-order chi connectivity index (χ0) is 22.8. The van der Waals surface area contributed by atoms with Crippen molar-refractivity contribution in [2.24, 2.45) is 0 Å². The molecule has 0 aliphatic rings. The number of hydrogen-bond donors (Lipinski definition) is 0. The lowest BCUT2D eigenvalue weighted by atomic mass is 9.86. The van der Waals surface area contributed by atoms with Gasteiger partial charge in [-0.05, 0) is 40.5 Å². The molecule has 0 atom stereocenters. The third kappa shape index (κ3) is 5.22. The number of carbonyl (C=O) groups is 1. The normalized spacial score (nSPS) is 12.1. The third-order valence-electron chi connectivity index (χ3n) is 5.22. The van der Waals surface area contributed by atoms with E-state index in [1.54, 1.807) is 0 Å². The van der Waals surface area contributed by atoms with Crippen molar-refractivity contribution in [2.45, 2.75) is 65.7 Å². The number of hydrogen-bond acceptors (Lipinski definition) is 4. The van der Waals surface area contributed by atoms with Gasteiger partial charge in [-0.15, -0.1) is 5.10 Å². The maximum absolute atomic E-state index is 13.3.